The first-order valence-electron chi connectivity index (χ1n) is 6.92. The molecule has 0 aliphatic rings. The Hall–Kier alpha value is -2.83. The molecule has 0 radical (unpaired) electrons. The van der Waals surface area contributed by atoms with Crippen LogP contribution in [0.3, 0.4) is 0 Å². The van der Waals surface area contributed by atoms with Gasteiger partial charge < -0.3 is 19.7 Å². The van der Waals surface area contributed by atoms with Gasteiger partial charge in [0.15, 0.2) is 5.69 Å². The first-order valence-corrected chi connectivity index (χ1v) is 6.92. The molecular formula is C16H18N2O5. The molecule has 0 aliphatic heterocycles. The molecule has 0 atom stereocenters. The molecule has 7 nitrogen and oxygen atoms in total. The van der Waals surface area contributed by atoms with E-state index in [4.69, 9.17) is 14.4 Å². The number of carbonyl (C=O) groups excluding carboxylic acids is 1. The molecule has 2 aromatic rings. The van der Waals surface area contributed by atoms with E-state index in [9.17, 15) is 9.59 Å². The van der Waals surface area contributed by atoms with Crippen molar-refractivity contribution in [2.24, 2.45) is 0 Å². The quantitative estimate of drug-likeness (QED) is 0.898. The normalized spacial score (nSPS) is 11.1. The maximum absolute atomic E-state index is 12.2. The van der Waals surface area contributed by atoms with Crippen LogP contribution in [0, 0.1) is 0 Å². The van der Waals surface area contributed by atoms with Crippen LogP contribution >= 0.6 is 0 Å². The lowest BCUT2D eigenvalue weighted by Crippen LogP contribution is -2.14. The predicted octanol–water partition coefficient (Wildman–Crippen LogP) is 2.93. The highest BCUT2D eigenvalue weighted by molar-refractivity contribution is 6.04. The molecule has 7 heteroatoms. The zero-order valence-electron chi connectivity index (χ0n) is 13.3. The highest BCUT2D eigenvalue weighted by Gasteiger charge is 2.22. The average molecular weight is 318 g/mol. The molecule has 0 unspecified atom stereocenters. The Morgan fingerprint density at radius 1 is 1.26 bits per heavy atom. The molecule has 122 valence electrons. The van der Waals surface area contributed by atoms with E-state index in [-0.39, 0.29) is 22.4 Å². The van der Waals surface area contributed by atoms with E-state index in [1.165, 1.54) is 25.3 Å². The molecule has 0 spiro atoms. The summed E-state index contributed by atoms with van der Waals surface area (Å²) in [5.41, 5.74) is 0.296. The van der Waals surface area contributed by atoms with Crippen LogP contribution in [0.5, 0.6) is 5.75 Å². The molecule has 1 heterocycles. The zero-order chi connectivity index (χ0) is 17.2. The number of carboxylic acid groups (broad SMARTS) is 1. The van der Waals surface area contributed by atoms with Gasteiger partial charge in [-0.05, 0) is 18.2 Å². The topological polar surface area (TPSA) is 102 Å². The van der Waals surface area contributed by atoms with Crippen LogP contribution in [-0.2, 0) is 5.41 Å². The van der Waals surface area contributed by atoms with Gasteiger partial charge in [-0.3, -0.25) is 4.79 Å². The highest BCUT2D eigenvalue weighted by atomic mass is 16.5. The monoisotopic (exact) mass is 318 g/mol. The lowest BCUT2D eigenvalue weighted by atomic mass is 9.93. The summed E-state index contributed by atoms with van der Waals surface area (Å²) in [6.45, 7) is 5.84. The van der Waals surface area contributed by atoms with Gasteiger partial charge in [0.1, 0.15) is 11.5 Å². The summed E-state index contributed by atoms with van der Waals surface area (Å²) in [6.07, 6.45) is 0. The van der Waals surface area contributed by atoms with Crippen molar-refractivity contribution < 1.29 is 24.0 Å². The van der Waals surface area contributed by atoms with E-state index in [1.807, 2.05) is 20.8 Å². The predicted molar refractivity (Wildman–Crippen MR) is 83.1 cm³/mol. The third kappa shape index (κ3) is 3.68. The zero-order valence-corrected chi connectivity index (χ0v) is 13.3. The number of nitrogens with one attached hydrogen (secondary N) is 1. The first kappa shape index (κ1) is 16.5. The Labute approximate surface area is 133 Å². The molecule has 1 amide bonds. The lowest BCUT2D eigenvalue weighted by molar-refractivity contribution is 0.0696. The molecule has 0 aliphatic carbocycles. The molecule has 1 aromatic carbocycles. The molecule has 0 saturated heterocycles. The second-order valence-electron chi connectivity index (χ2n) is 6.00. The molecule has 0 saturated carbocycles. The molecule has 1 aromatic heterocycles. The van der Waals surface area contributed by atoms with E-state index >= 15 is 0 Å². The van der Waals surface area contributed by atoms with Crippen LogP contribution in [-0.4, -0.2) is 29.2 Å². The van der Waals surface area contributed by atoms with Crippen molar-refractivity contribution in [1.82, 2.24) is 5.16 Å². The van der Waals surface area contributed by atoms with Gasteiger partial charge >= 0.3 is 5.97 Å². The second kappa shape index (κ2) is 6.12. The molecule has 2 N–H and O–H groups in total. The van der Waals surface area contributed by atoms with Crippen molar-refractivity contribution in [3.8, 4) is 5.75 Å². The second-order valence-corrected chi connectivity index (χ2v) is 6.00. The van der Waals surface area contributed by atoms with Crippen LogP contribution in [0.25, 0.3) is 0 Å². The maximum atomic E-state index is 12.2. The SMILES string of the molecule is COc1cc(C(=O)O)ccc1NC(=O)c1cc(C(C)(C)C)on1. The number of carbonyl (C=O) groups is 2. The van der Waals surface area contributed by atoms with E-state index < -0.39 is 11.9 Å². The summed E-state index contributed by atoms with van der Waals surface area (Å²) in [6, 6.07) is 5.75. The van der Waals surface area contributed by atoms with Crippen molar-refractivity contribution in [2.45, 2.75) is 26.2 Å². The van der Waals surface area contributed by atoms with Gasteiger partial charge in [-0.15, -0.1) is 0 Å². The van der Waals surface area contributed by atoms with Crippen LogP contribution in [0.4, 0.5) is 5.69 Å². The number of hydrogen-bond acceptors (Lipinski definition) is 5. The standard InChI is InChI=1S/C16H18N2O5/c1-16(2,3)13-8-11(18-23-13)14(19)17-10-6-5-9(15(20)21)7-12(10)22-4/h5-8H,1-4H3,(H,17,19)(H,20,21). The number of anilines is 1. The summed E-state index contributed by atoms with van der Waals surface area (Å²) >= 11 is 0. The number of aromatic carboxylic acids is 1. The van der Waals surface area contributed by atoms with E-state index in [0.29, 0.717) is 11.4 Å². The summed E-state index contributed by atoms with van der Waals surface area (Å²) < 4.78 is 10.3. The summed E-state index contributed by atoms with van der Waals surface area (Å²) in [4.78, 5) is 23.2. The fourth-order valence-electron chi connectivity index (χ4n) is 1.85. The van der Waals surface area contributed by atoms with Crippen molar-refractivity contribution >= 4 is 17.6 Å². The van der Waals surface area contributed by atoms with Gasteiger partial charge in [0.25, 0.3) is 5.91 Å². The largest absolute Gasteiger partial charge is 0.495 e. The minimum Gasteiger partial charge on any atom is -0.495 e. The van der Waals surface area contributed by atoms with Crippen LogP contribution in [0.1, 0.15) is 47.4 Å². The van der Waals surface area contributed by atoms with Crippen LogP contribution in [0.2, 0.25) is 0 Å². The number of methoxy groups -OCH3 is 1. The van der Waals surface area contributed by atoms with Crippen molar-refractivity contribution in [3.05, 3.63) is 41.3 Å². The molecule has 0 bridgehead atoms. The van der Waals surface area contributed by atoms with Gasteiger partial charge in [0.2, 0.25) is 0 Å². The number of ether oxygens (including phenoxy) is 1. The number of benzene rings is 1. The maximum Gasteiger partial charge on any atom is 0.335 e. The van der Waals surface area contributed by atoms with Gasteiger partial charge in [-0.1, -0.05) is 25.9 Å². The van der Waals surface area contributed by atoms with Gasteiger partial charge in [0.05, 0.1) is 18.4 Å². The average Bonchev–Trinajstić information content (AvgIpc) is 2.97. The third-order valence-corrected chi connectivity index (χ3v) is 3.18. The first-order chi connectivity index (χ1) is 10.7. The Morgan fingerprint density at radius 3 is 2.48 bits per heavy atom. The minimum absolute atomic E-state index is 0.0660. The number of rotatable bonds is 4. The Balaban J connectivity index is 2.23. The number of carboxylic acids is 1. The molecule has 23 heavy (non-hydrogen) atoms. The summed E-state index contributed by atoms with van der Waals surface area (Å²) in [5.74, 6) is -0.702. The van der Waals surface area contributed by atoms with Gasteiger partial charge in [-0.25, -0.2) is 4.79 Å². The van der Waals surface area contributed by atoms with Crippen molar-refractivity contribution in [3.63, 3.8) is 0 Å². The van der Waals surface area contributed by atoms with Gasteiger partial charge in [0, 0.05) is 11.5 Å². The molecular weight excluding hydrogens is 300 g/mol. The molecule has 2 rings (SSSR count). The molecule has 0 fully saturated rings. The van der Waals surface area contributed by atoms with E-state index in [1.54, 1.807) is 6.07 Å². The van der Waals surface area contributed by atoms with E-state index in [0.717, 1.165) is 0 Å². The minimum atomic E-state index is -1.08. The van der Waals surface area contributed by atoms with Crippen molar-refractivity contribution in [1.29, 1.82) is 0 Å². The third-order valence-electron chi connectivity index (χ3n) is 3.18. The number of amides is 1. The van der Waals surface area contributed by atoms with Crippen LogP contribution in [0.15, 0.2) is 28.8 Å². The summed E-state index contributed by atoms with van der Waals surface area (Å²) in [5, 5.41) is 15.4. The Morgan fingerprint density at radius 2 is 1.96 bits per heavy atom. The van der Waals surface area contributed by atoms with Gasteiger partial charge in [-0.2, -0.15) is 0 Å². The highest BCUT2D eigenvalue weighted by Crippen LogP contribution is 2.27. The lowest BCUT2D eigenvalue weighted by Gasteiger charge is -2.12. The smallest absolute Gasteiger partial charge is 0.335 e. The fraction of sp³-hybridized carbons (Fsp3) is 0.312. The Kier molecular flexibility index (Phi) is 4.40. The number of aromatic nitrogens is 1. The van der Waals surface area contributed by atoms with Crippen LogP contribution < -0.4 is 10.1 Å². The number of hydrogen-bond donors (Lipinski definition) is 2. The fourth-order valence-corrected chi connectivity index (χ4v) is 1.85. The van der Waals surface area contributed by atoms with E-state index in [2.05, 4.69) is 10.5 Å². The van der Waals surface area contributed by atoms with Crippen molar-refractivity contribution in [2.75, 3.05) is 12.4 Å². The number of nitrogens with zero attached hydrogens (tertiary/aromatic N) is 1. The summed E-state index contributed by atoms with van der Waals surface area (Å²) in [7, 11) is 1.39. The Bertz CT molecular complexity index is 743.